The van der Waals surface area contributed by atoms with Crippen LogP contribution in [0.1, 0.15) is 66.2 Å². The molecule has 6 nitrogen and oxygen atoms in total. The van der Waals surface area contributed by atoms with Gasteiger partial charge in [0.25, 0.3) is 0 Å². The summed E-state index contributed by atoms with van der Waals surface area (Å²) in [6.45, 7) is 11.3. The van der Waals surface area contributed by atoms with Crippen LogP contribution in [-0.2, 0) is 23.9 Å². The van der Waals surface area contributed by atoms with Gasteiger partial charge in [0.2, 0.25) is 0 Å². The van der Waals surface area contributed by atoms with Crippen molar-refractivity contribution in [1.82, 2.24) is 0 Å². The molecule has 1 N–H and O–H groups in total. The third-order valence-corrected chi connectivity index (χ3v) is 6.78. The monoisotopic (exact) mass is 430 g/mol. The van der Waals surface area contributed by atoms with Crippen LogP contribution in [0.15, 0.2) is 35.5 Å². The molecule has 2 aliphatic rings. The summed E-state index contributed by atoms with van der Waals surface area (Å²) in [6.07, 6.45) is 7.19. The molecule has 0 spiro atoms. The quantitative estimate of drug-likeness (QED) is 0.330. The highest BCUT2D eigenvalue weighted by atomic mass is 16.5. The number of hydrogen-bond acceptors (Lipinski definition) is 5. The number of carboxylic acid groups (broad SMARTS) is 1. The minimum Gasteiger partial charge on any atom is -0.481 e. The Morgan fingerprint density at radius 1 is 1.39 bits per heavy atom. The first-order valence-electron chi connectivity index (χ1n) is 11.1. The summed E-state index contributed by atoms with van der Waals surface area (Å²) in [5, 5.41) is 9.80. The van der Waals surface area contributed by atoms with Gasteiger partial charge in [0.1, 0.15) is 12.4 Å². The Balaban J connectivity index is 2.30. The molecule has 6 heteroatoms. The van der Waals surface area contributed by atoms with Gasteiger partial charge < -0.3 is 9.84 Å². The molecule has 0 heterocycles. The molecule has 0 aromatic carbocycles. The molecule has 31 heavy (non-hydrogen) atoms. The standard InChI is InChI=1S/C25H34O6/c1-6-7-8-15(2)11-16(3)24(30)31-22-10-9-19(23(28)29)25(5)13-18(17(4)14-26)21(27)12-20(22)25/h11-12,14-15,18-19,22H,4,6-10,13H2,1-3,5H3,(H,28,29)/b16-11-/t15?,18-,19+,22+,25+/m0/s1. The summed E-state index contributed by atoms with van der Waals surface area (Å²) < 4.78 is 5.78. The minimum absolute atomic E-state index is 0.143. The second-order valence-corrected chi connectivity index (χ2v) is 9.20. The molecule has 0 aromatic rings. The third-order valence-electron chi connectivity index (χ3n) is 6.78. The van der Waals surface area contributed by atoms with Gasteiger partial charge in [-0.05, 0) is 55.7 Å². The predicted octanol–water partition coefficient (Wildman–Crippen LogP) is 4.44. The normalized spacial score (nSPS) is 29.4. The zero-order chi connectivity index (χ0) is 23.3. The summed E-state index contributed by atoms with van der Waals surface area (Å²) >= 11 is 0. The molecule has 170 valence electrons. The van der Waals surface area contributed by atoms with Crippen LogP contribution in [0, 0.1) is 23.2 Å². The van der Waals surface area contributed by atoms with Crippen molar-refractivity contribution in [1.29, 1.82) is 0 Å². The minimum atomic E-state index is -0.955. The maximum Gasteiger partial charge on any atom is 0.333 e. The van der Waals surface area contributed by atoms with E-state index in [-0.39, 0.29) is 23.7 Å². The molecule has 0 saturated heterocycles. The van der Waals surface area contributed by atoms with Crippen LogP contribution in [0.25, 0.3) is 0 Å². The number of allylic oxidation sites excluding steroid dienone is 3. The Hall–Kier alpha value is -2.50. The van der Waals surface area contributed by atoms with Crippen molar-refractivity contribution in [2.75, 3.05) is 0 Å². The lowest BCUT2D eigenvalue weighted by Crippen LogP contribution is -2.49. The van der Waals surface area contributed by atoms with E-state index in [0.717, 1.165) is 19.3 Å². The Bertz CT molecular complexity index is 820. The van der Waals surface area contributed by atoms with E-state index >= 15 is 0 Å². The van der Waals surface area contributed by atoms with Crippen molar-refractivity contribution in [3.63, 3.8) is 0 Å². The van der Waals surface area contributed by atoms with Crippen LogP contribution < -0.4 is 0 Å². The lowest BCUT2D eigenvalue weighted by atomic mass is 9.56. The molecule has 5 atom stereocenters. The van der Waals surface area contributed by atoms with Crippen LogP contribution >= 0.6 is 0 Å². The van der Waals surface area contributed by atoms with Crippen LogP contribution in [-0.4, -0.2) is 35.2 Å². The van der Waals surface area contributed by atoms with E-state index in [0.29, 0.717) is 30.3 Å². The maximum absolute atomic E-state index is 12.7. The van der Waals surface area contributed by atoms with E-state index in [1.165, 1.54) is 6.08 Å². The molecule has 2 rings (SSSR count). The van der Waals surface area contributed by atoms with Gasteiger partial charge in [-0.1, -0.05) is 46.3 Å². The van der Waals surface area contributed by atoms with Crippen LogP contribution in [0.2, 0.25) is 0 Å². The lowest BCUT2D eigenvalue weighted by molar-refractivity contribution is -0.152. The van der Waals surface area contributed by atoms with Crippen molar-refractivity contribution in [2.24, 2.45) is 23.2 Å². The molecule has 0 amide bonds. The van der Waals surface area contributed by atoms with Crippen LogP contribution in [0.5, 0.6) is 0 Å². The fourth-order valence-electron chi connectivity index (χ4n) is 4.90. The van der Waals surface area contributed by atoms with Crippen molar-refractivity contribution in [3.8, 4) is 0 Å². The maximum atomic E-state index is 12.7. The number of unbranched alkanes of at least 4 members (excludes halogenated alkanes) is 1. The highest BCUT2D eigenvalue weighted by molar-refractivity contribution is 6.00. The van der Waals surface area contributed by atoms with E-state index < -0.39 is 35.3 Å². The third kappa shape index (κ3) is 5.41. The van der Waals surface area contributed by atoms with E-state index in [2.05, 4.69) is 20.4 Å². The highest BCUT2D eigenvalue weighted by Gasteiger charge is 2.53. The number of rotatable bonds is 9. The van der Waals surface area contributed by atoms with E-state index in [1.54, 1.807) is 13.8 Å². The molecular formula is C25H34O6. The van der Waals surface area contributed by atoms with E-state index in [1.807, 2.05) is 6.08 Å². The number of fused-ring (bicyclic) bond motifs is 1. The number of ether oxygens (including phenoxy) is 1. The fraction of sp³-hybridized carbons (Fsp3) is 0.600. The number of esters is 1. The topological polar surface area (TPSA) is 97.7 Å². The molecule has 0 aliphatic heterocycles. The Kier molecular flexibility index (Phi) is 8.15. The SMILES string of the molecule is C=C(C=O)[C@@H]1C[C@@]2(C)C(=CC1=O)[C@H](OC(=O)/C(C)=C\C(C)CCCC)CC[C@@H]2C(=O)O. The largest absolute Gasteiger partial charge is 0.481 e. The van der Waals surface area contributed by atoms with Gasteiger partial charge in [0.15, 0.2) is 5.78 Å². The summed E-state index contributed by atoms with van der Waals surface area (Å²) in [4.78, 5) is 48.6. The Morgan fingerprint density at radius 3 is 2.65 bits per heavy atom. The number of aliphatic carboxylic acids is 1. The summed E-state index contributed by atoms with van der Waals surface area (Å²) in [6, 6.07) is 0. The number of carbonyl (C=O) groups is 4. The van der Waals surface area contributed by atoms with Crippen LogP contribution in [0.4, 0.5) is 0 Å². The summed E-state index contributed by atoms with van der Waals surface area (Å²) in [5.41, 5.74) is 0.294. The average molecular weight is 431 g/mol. The number of carboxylic acids is 1. The number of hydrogen-bond donors (Lipinski definition) is 1. The van der Waals surface area contributed by atoms with Crippen LogP contribution in [0.3, 0.4) is 0 Å². The average Bonchev–Trinajstić information content (AvgIpc) is 2.71. The molecule has 1 fully saturated rings. The zero-order valence-corrected chi connectivity index (χ0v) is 19.0. The smallest absolute Gasteiger partial charge is 0.333 e. The van der Waals surface area contributed by atoms with Gasteiger partial charge in [0, 0.05) is 11.0 Å². The molecule has 1 unspecified atom stereocenters. The first-order chi connectivity index (χ1) is 14.5. The summed E-state index contributed by atoms with van der Waals surface area (Å²) in [7, 11) is 0. The number of aldehydes is 1. The predicted molar refractivity (Wildman–Crippen MR) is 117 cm³/mol. The number of carbonyl (C=O) groups excluding carboxylic acids is 3. The summed E-state index contributed by atoms with van der Waals surface area (Å²) in [5.74, 6) is -2.91. The molecule has 0 aromatic heterocycles. The van der Waals surface area contributed by atoms with E-state index in [9.17, 15) is 24.3 Å². The van der Waals surface area contributed by atoms with Gasteiger partial charge >= 0.3 is 11.9 Å². The Morgan fingerprint density at radius 2 is 2.06 bits per heavy atom. The fourth-order valence-corrected chi connectivity index (χ4v) is 4.90. The van der Waals surface area contributed by atoms with Crippen molar-refractivity contribution in [2.45, 2.75) is 72.3 Å². The lowest BCUT2D eigenvalue weighted by Gasteiger charge is -2.48. The first kappa shape index (κ1) is 24.8. The highest BCUT2D eigenvalue weighted by Crippen LogP contribution is 2.53. The van der Waals surface area contributed by atoms with Crippen molar-refractivity contribution >= 4 is 24.0 Å². The van der Waals surface area contributed by atoms with Gasteiger partial charge in [-0.25, -0.2) is 4.79 Å². The second-order valence-electron chi connectivity index (χ2n) is 9.20. The Labute approximate surface area is 184 Å². The van der Waals surface area contributed by atoms with Gasteiger partial charge in [0.05, 0.1) is 11.8 Å². The van der Waals surface area contributed by atoms with Gasteiger partial charge in [-0.3, -0.25) is 14.4 Å². The van der Waals surface area contributed by atoms with Gasteiger partial charge in [-0.2, -0.15) is 0 Å². The second kappa shape index (κ2) is 10.2. The van der Waals surface area contributed by atoms with Crippen molar-refractivity contribution < 1.29 is 29.0 Å². The van der Waals surface area contributed by atoms with E-state index in [4.69, 9.17) is 4.74 Å². The van der Waals surface area contributed by atoms with Gasteiger partial charge in [-0.15, -0.1) is 0 Å². The molecule has 2 aliphatic carbocycles. The number of ketones is 1. The molecular weight excluding hydrogens is 396 g/mol. The zero-order valence-electron chi connectivity index (χ0n) is 19.0. The van der Waals surface area contributed by atoms with Crippen molar-refractivity contribution in [3.05, 3.63) is 35.5 Å². The molecule has 1 saturated carbocycles. The molecule has 0 radical (unpaired) electrons. The first-order valence-corrected chi connectivity index (χ1v) is 11.1. The molecule has 0 bridgehead atoms.